The lowest BCUT2D eigenvalue weighted by atomic mass is 10.2. The molecule has 0 aromatic heterocycles. The molecule has 1 aliphatic heterocycles. The summed E-state index contributed by atoms with van der Waals surface area (Å²) in [6.07, 6.45) is 0. The molecule has 1 atom stereocenters. The summed E-state index contributed by atoms with van der Waals surface area (Å²) in [4.78, 5) is 5.39. The van der Waals surface area contributed by atoms with Gasteiger partial charge in [-0.3, -0.25) is 4.99 Å². The maximum absolute atomic E-state index is 4.32. The molecule has 0 saturated carbocycles. The molecule has 2 heteroatoms. The fraction of sp³-hybridized carbons (Fsp3) is 0.571. The van der Waals surface area contributed by atoms with Gasteiger partial charge in [0, 0.05) is 10.6 Å². The standard InChI is InChI=1S/C7H11NS/c1-4-5(2)8-6(3)7(4)9/h5,9H,1-3H3. The molecule has 1 unspecified atom stereocenters. The third-order valence-electron chi connectivity index (χ3n) is 1.73. The van der Waals surface area contributed by atoms with E-state index in [1.807, 2.05) is 6.92 Å². The number of hydrogen-bond acceptors (Lipinski definition) is 2. The minimum Gasteiger partial charge on any atom is -0.281 e. The second-order valence-corrected chi connectivity index (χ2v) is 2.87. The quantitative estimate of drug-likeness (QED) is 0.496. The first-order chi connectivity index (χ1) is 4.13. The zero-order chi connectivity index (χ0) is 7.02. The average molecular weight is 141 g/mol. The van der Waals surface area contributed by atoms with E-state index in [2.05, 4.69) is 31.5 Å². The van der Waals surface area contributed by atoms with E-state index >= 15 is 0 Å². The smallest absolute Gasteiger partial charge is 0.0696 e. The Hall–Kier alpha value is -0.240. The van der Waals surface area contributed by atoms with Crippen LogP contribution >= 0.6 is 12.6 Å². The Morgan fingerprint density at radius 2 is 2.00 bits per heavy atom. The minimum absolute atomic E-state index is 0.359. The molecular formula is C7H11NS. The highest BCUT2D eigenvalue weighted by atomic mass is 32.1. The molecule has 0 spiro atoms. The van der Waals surface area contributed by atoms with Gasteiger partial charge in [0.25, 0.3) is 0 Å². The number of rotatable bonds is 0. The summed E-state index contributed by atoms with van der Waals surface area (Å²) in [5.74, 6) is 0. The molecule has 0 aliphatic carbocycles. The van der Waals surface area contributed by atoms with Gasteiger partial charge in [0.1, 0.15) is 0 Å². The van der Waals surface area contributed by atoms with E-state index in [-0.39, 0.29) is 0 Å². The Morgan fingerprint density at radius 1 is 1.44 bits per heavy atom. The van der Waals surface area contributed by atoms with Crippen LogP contribution in [0.1, 0.15) is 20.8 Å². The summed E-state index contributed by atoms with van der Waals surface area (Å²) < 4.78 is 0. The van der Waals surface area contributed by atoms with Gasteiger partial charge in [-0.1, -0.05) is 0 Å². The van der Waals surface area contributed by atoms with Crippen LogP contribution in [0, 0.1) is 0 Å². The molecule has 0 radical (unpaired) electrons. The molecular weight excluding hydrogens is 130 g/mol. The molecule has 0 N–H and O–H groups in total. The summed E-state index contributed by atoms with van der Waals surface area (Å²) in [5.41, 5.74) is 2.36. The normalized spacial score (nSPS) is 27.1. The van der Waals surface area contributed by atoms with E-state index in [4.69, 9.17) is 0 Å². The molecule has 1 nitrogen and oxygen atoms in total. The Balaban J connectivity index is 2.97. The molecule has 0 amide bonds. The van der Waals surface area contributed by atoms with Crippen molar-refractivity contribution in [2.45, 2.75) is 26.8 Å². The predicted molar refractivity (Wildman–Crippen MR) is 44.3 cm³/mol. The molecule has 0 aromatic carbocycles. The van der Waals surface area contributed by atoms with E-state index in [0.717, 1.165) is 10.6 Å². The van der Waals surface area contributed by atoms with Crippen LogP contribution in [0.3, 0.4) is 0 Å². The molecule has 9 heavy (non-hydrogen) atoms. The van der Waals surface area contributed by atoms with E-state index in [0.29, 0.717) is 6.04 Å². The molecule has 0 aromatic rings. The van der Waals surface area contributed by atoms with Gasteiger partial charge in [0.05, 0.1) is 6.04 Å². The number of nitrogens with zero attached hydrogens (tertiary/aromatic N) is 1. The van der Waals surface area contributed by atoms with Gasteiger partial charge < -0.3 is 0 Å². The second-order valence-electron chi connectivity index (χ2n) is 2.42. The van der Waals surface area contributed by atoms with Gasteiger partial charge in [-0.25, -0.2) is 0 Å². The van der Waals surface area contributed by atoms with Crippen molar-refractivity contribution in [1.29, 1.82) is 0 Å². The molecule has 1 rings (SSSR count). The Bertz CT molecular complexity index is 191. The number of thiol groups is 1. The molecule has 1 heterocycles. The van der Waals surface area contributed by atoms with Crippen molar-refractivity contribution in [3.05, 3.63) is 10.5 Å². The van der Waals surface area contributed by atoms with Crippen molar-refractivity contribution in [1.82, 2.24) is 0 Å². The molecule has 0 fully saturated rings. The lowest BCUT2D eigenvalue weighted by Crippen LogP contribution is -1.93. The van der Waals surface area contributed by atoms with Crippen molar-refractivity contribution in [2.75, 3.05) is 0 Å². The van der Waals surface area contributed by atoms with Crippen LogP contribution in [-0.4, -0.2) is 11.8 Å². The van der Waals surface area contributed by atoms with Crippen molar-refractivity contribution in [3.8, 4) is 0 Å². The van der Waals surface area contributed by atoms with Crippen molar-refractivity contribution >= 4 is 18.3 Å². The van der Waals surface area contributed by atoms with Crippen molar-refractivity contribution in [3.63, 3.8) is 0 Å². The fourth-order valence-corrected chi connectivity index (χ4v) is 1.18. The monoisotopic (exact) mass is 141 g/mol. The van der Waals surface area contributed by atoms with E-state index < -0.39 is 0 Å². The summed E-state index contributed by atoms with van der Waals surface area (Å²) in [7, 11) is 0. The highest BCUT2D eigenvalue weighted by Gasteiger charge is 2.15. The summed E-state index contributed by atoms with van der Waals surface area (Å²) in [6, 6.07) is 0.359. The maximum Gasteiger partial charge on any atom is 0.0696 e. The Kier molecular flexibility index (Phi) is 1.66. The van der Waals surface area contributed by atoms with Crippen LogP contribution in [0.5, 0.6) is 0 Å². The van der Waals surface area contributed by atoms with Crippen LogP contribution in [0.15, 0.2) is 15.5 Å². The summed E-state index contributed by atoms with van der Waals surface area (Å²) in [5, 5.41) is 0. The van der Waals surface area contributed by atoms with Crippen LogP contribution in [0.25, 0.3) is 0 Å². The largest absolute Gasteiger partial charge is 0.281 e. The van der Waals surface area contributed by atoms with Crippen LogP contribution < -0.4 is 0 Å². The number of aliphatic imine (C=N–C) groups is 1. The second kappa shape index (κ2) is 2.18. The number of hydrogen-bond donors (Lipinski definition) is 1. The highest BCUT2D eigenvalue weighted by Crippen LogP contribution is 2.22. The van der Waals surface area contributed by atoms with Gasteiger partial charge in [-0.05, 0) is 26.3 Å². The fourth-order valence-electron chi connectivity index (χ4n) is 0.932. The third-order valence-corrected chi connectivity index (χ3v) is 2.41. The Morgan fingerprint density at radius 3 is 2.11 bits per heavy atom. The first-order valence-corrected chi connectivity index (χ1v) is 3.52. The molecule has 0 saturated heterocycles. The first-order valence-electron chi connectivity index (χ1n) is 3.07. The lowest BCUT2D eigenvalue weighted by Gasteiger charge is -1.97. The highest BCUT2D eigenvalue weighted by molar-refractivity contribution is 7.85. The van der Waals surface area contributed by atoms with Crippen molar-refractivity contribution < 1.29 is 0 Å². The van der Waals surface area contributed by atoms with Crippen LogP contribution in [0.2, 0.25) is 0 Å². The van der Waals surface area contributed by atoms with Gasteiger partial charge in [0.15, 0.2) is 0 Å². The van der Waals surface area contributed by atoms with Crippen molar-refractivity contribution in [2.24, 2.45) is 4.99 Å². The van der Waals surface area contributed by atoms with Gasteiger partial charge in [-0.15, -0.1) is 12.6 Å². The molecule has 0 bridgehead atoms. The first kappa shape index (κ1) is 6.87. The zero-order valence-corrected chi connectivity index (χ0v) is 6.87. The Labute approximate surface area is 61.3 Å². The van der Waals surface area contributed by atoms with E-state index in [1.54, 1.807) is 0 Å². The third kappa shape index (κ3) is 1.04. The predicted octanol–water partition coefficient (Wildman–Crippen LogP) is 2.05. The topological polar surface area (TPSA) is 12.4 Å². The van der Waals surface area contributed by atoms with Gasteiger partial charge in [-0.2, -0.15) is 0 Å². The van der Waals surface area contributed by atoms with E-state index in [9.17, 15) is 0 Å². The zero-order valence-electron chi connectivity index (χ0n) is 5.97. The van der Waals surface area contributed by atoms with Crippen LogP contribution in [0.4, 0.5) is 0 Å². The van der Waals surface area contributed by atoms with Gasteiger partial charge in [0.2, 0.25) is 0 Å². The average Bonchev–Trinajstić information content (AvgIpc) is 1.98. The van der Waals surface area contributed by atoms with E-state index in [1.165, 1.54) is 5.57 Å². The lowest BCUT2D eigenvalue weighted by molar-refractivity contribution is 0.883. The maximum atomic E-state index is 4.32. The number of allylic oxidation sites excluding steroid dienone is 1. The summed E-state index contributed by atoms with van der Waals surface area (Å²) in [6.45, 7) is 6.16. The van der Waals surface area contributed by atoms with Crippen LogP contribution in [-0.2, 0) is 0 Å². The SMILES string of the molecule is CC1=NC(C)C(C)=C1S. The minimum atomic E-state index is 0.359. The molecule has 1 aliphatic rings. The molecule has 50 valence electrons. The summed E-state index contributed by atoms with van der Waals surface area (Å²) >= 11 is 4.29. The van der Waals surface area contributed by atoms with Gasteiger partial charge >= 0.3 is 0 Å².